The van der Waals surface area contributed by atoms with Crippen LogP contribution in [0.25, 0.3) is 0 Å². The minimum Gasteiger partial charge on any atom is -0.351 e. The summed E-state index contributed by atoms with van der Waals surface area (Å²) in [6.45, 7) is 6.28. The number of H-pyrrole nitrogens is 1. The summed E-state index contributed by atoms with van der Waals surface area (Å²) in [7, 11) is 0. The van der Waals surface area contributed by atoms with Crippen molar-refractivity contribution < 1.29 is 4.79 Å². The van der Waals surface area contributed by atoms with Gasteiger partial charge in [0.05, 0.1) is 0 Å². The lowest BCUT2D eigenvalue weighted by atomic mass is 9.99. The molecule has 2 heterocycles. The standard InChI is InChI=1S/C14H22N4O2/c1-11-5-9-18(10-6-11)8-2-7-15-14(20)12-3-4-13(19)17-16-12/h3-4,11H,2,5-10H2,1H3,(H,15,20)(H,17,19). The van der Waals surface area contributed by atoms with E-state index in [0.29, 0.717) is 6.54 Å². The van der Waals surface area contributed by atoms with E-state index in [4.69, 9.17) is 0 Å². The van der Waals surface area contributed by atoms with Crippen LogP contribution in [0, 0.1) is 5.92 Å². The second kappa shape index (κ2) is 7.19. The average molecular weight is 278 g/mol. The minimum atomic E-state index is -0.305. The third kappa shape index (κ3) is 4.45. The SMILES string of the molecule is CC1CCN(CCCNC(=O)c2ccc(=O)[nH]n2)CC1. The third-order valence-corrected chi connectivity index (χ3v) is 3.72. The lowest BCUT2D eigenvalue weighted by Gasteiger charge is -2.30. The molecular weight excluding hydrogens is 256 g/mol. The van der Waals surface area contributed by atoms with Gasteiger partial charge in [0.15, 0.2) is 0 Å². The highest BCUT2D eigenvalue weighted by molar-refractivity contribution is 5.91. The van der Waals surface area contributed by atoms with Crippen LogP contribution in [0.2, 0.25) is 0 Å². The fraction of sp³-hybridized carbons (Fsp3) is 0.643. The molecule has 1 aliphatic heterocycles. The van der Waals surface area contributed by atoms with Gasteiger partial charge in [0.25, 0.3) is 11.5 Å². The van der Waals surface area contributed by atoms with E-state index >= 15 is 0 Å². The maximum Gasteiger partial charge on any atom is 0.271 e. The molecule has 20 heavy (non-hydrogen) atoms. The molecule has 0 aliphatic carbocycles. The topological polar surface area (TPSA) is 78.1 Å². The lowest BCUT2D eigenvalue weighted by Crippen LogP contribution is -2.35. The van der Waals surface area contributed by atoms with Crippen LogP contribution in [0.15, 0.2) is 16.9 Å². The number of carbonyl (C=O) groups excluding carboxylic acids is 1. The minimum absolute atomic E-state index is 0.242. The van der Waals surface area contributed by atoms with Crippen molar-refractivity contribution in [1.29, 1.82) is 0 Å². The first-order chi connectivity index (χ1) is 9.65. The Kier molecular flexibility index (Phi) is 5.29. The molecular formula is C14H22N4O2. The summed E-state index contributed by atoms with van der Waals surface area (Å²) in [6, 6.07) is 2.73. The highest BCUT2D eigenvalue weighted by Gasteiger charge is 2.15. The molecule has 6 nitrogen and oxygen atoms in total. The Morgan fingerprint density at radius 2 is 2.20 bits per heavy atom. The van der Waals surface area contributed by atoms with E-state index in [1.165, 1.54) is 25.0 Å². The molecule has 0 spiro atoms. The second-order valence-electron chi connectivity index (χ2n) is 5.44. The highest BCUT2D eigenvalue weighted by atomic mass is 16.2. The molecule has 1 aromatic heterocycles. The molecule has 0 aromatic carbocycles. The van der Waals surface area contributed by atoms with Crippen LogP contribution in [0.3, 0.4) is 0 Å². The Morgan fingerprint density at radius 3 is 2.85 bits per heavy atom. The van der Waals surface area contributed by atoms with Crippen molar-refractivity contribution in [2.24, 2.45) is 5.92 Å². The first kappa shape index (κ1) is 14.7. The zero-order chi connectivity index (χ0) is 14.4. The van der Waals surface area contributed by atoms with Gasteiger partial charge >= 0.3 is 0 Å². The van der Waals surface area contributed by atoms with Gasteiger partial charge in [-0.05, 0) is 50.9 Å². The van der Waals surface area contributed by atoms with Crippen molar-refractivity contribution in [3.63, 3.8) is 0 Å². The number of likely N-dealkylation sites (tertiary alicyclic amines) is 1. The number of nitrogens with one attached hydrogen (secondary N) is 2. The Hall–Kier alpha value is -1.69. The molecule has 1 aliphatic rings. The molecule has 2 N–H and O–H groups in total. The molecule has 0 bridgehead atoms. The number of hydrogen-bond acceptors (Lipinski definition) is 4. The van der Waals surface area contributed by atoms with Gasteiger partial charge in [-0.1, -0.05) is 6.92 Å². The summed E-state index contributed by atoms with van der Waals surface area (Å²) in [4.78, 5) is 25.0. The third-order valence-electron chi connectivity index (χ3n) is 3.72. The Balaban J connectivity index is 1.64. The fourth-order valence-corrected chi connectivity index (χ4v) is 2.35. The van der Waals surface area contributed by atoms with Gasteiger partial charge in [0, 0.05) is 12.6 Å². The summed E-state index contributed by atoms with van der Waals surface area (Å²) >= 11 is 0. The summed E-state index contributed by atoms with van der Waals surface area (Å²) < 4.78 is 0. The Morgan fingerprint density at radius 1 is 1.45 bits per heavy atom. The van der Waals surface area contributed by atoms with Crippen molar-refractivity contribution >= 4 is 5.91 Å². The molecule has 2 rings (SSSR count). The molecule has 0 radical (unpaired) electrons. The number of nitrogens with zero attached hydrogens (tertiary/aromatic N) is 2. The number of piperidine rings is 1. The Labute approximate surface area is 118 Å². The molecule has 1 aromatic rings. The number of aromatic amines is 1. The first-order valence-electron chi connectivity index (χ1n) is 7.21. The van der Waals surface area contributed by atoms with E-state index in [1.807, 2.05) is 0 Å². The number of rotatable bonds is 5. The summed E-state index contributed by atoms with van der Waals surface area (Å²) in [6.07, 6.45) is 3.48. The quantitative estimate of drug-likeness (QED) is 0.774. The molecule has 110 valence electrons. The summed E-state index contributed by atoms with van der Waals surface area (Å²) in [5, 5.41) is 8.76. The van der Waals surface area contributed by atoms with E-state index < -0.39 is 0 Å². The van der Waals surface area contributed by atoms with Crippen LogP contribution >= 0.6 is 0 Å². The summed E-state index contributed by atoms with van der Waals surface area (Å²) in [5.41, 5.74) is -0.0581. The summed E-state index contributed by atoms with van der Waals surface area (Å²) in [5.74, 6) is 0.603. The average Bonchev–Trinajstić information content (AvgIpc) is 2.46. The van der Waals surface area contributed by atoms with Crippen LogP contribution in [0.5, 0.6) is 0 Å². The molecule has 1 amide bonds. The number of hydrogen-bond donors (Lipinski definition) is 2. The number of carbonyl (C=O) groups is 1. The van der Waals surface area contributed by atoms with E-state index in [0.717, 1.165) is 32.0 Å². The largest absolute Gasteiger partial charge is 0.351 e. The van der Waals surface area contributed by atoms with Gasteiger partial charge in [-0.2, -0.15) is 5.10 Å². The van der Waals surface area contributed by atoms with Crippen molar-refractivity contribution in [3.8, 4) is 0 Å². The zero-order valence-electron chi connectivity index (χ0n) is 11.9. The van der Waals surface area contributed by atoms with E-state index in [9.17, 15) is 9.59 Å². The van der Waals surface area contributed by atoms with Gasteiger partial charge in [0.1, 0.15) is 5.69 Å². The van der Waals surface area contributed by atoms with E-state index in [1.54, 1.807) is 0 Å². The molecule has 0 atom stereocenters. The zero-order valence-corrected chi connectivity index (χ0v) is 11.9. The normalized spacial score (nSPS) is 17.1. The van der Waals surface area contributed by atoms with Gasteiger partial charge < -0.3 is 10.2 Å². The van der Waals surface area contributed by atoms with Crippen molar-refractivity contribution in [3.05, 3.63) is 28.2 Å². The van der Waals surface area contributed by atoms with E-state index in [2.05, 4.69) is 27.3 Å². The van der Waals surface area contributed by atoms with Gasteiger partial charge in [0.2, 0.25) is 0 Å². The fourth-order valence-electron chi connectivity index (χ4n) is 2.35. The lowest BCUT2D eigenvalue weighted by molar-refractivity contribution is 0.0944. The maximum atomic E-state index is 11.7. The van der Waals surface area contributed by atoms with Crippen LogP contribution in [-0.2, 0) is 0 Å². The predicted molar refractivity (Wildman–Crippen MR) is 76.6 cm³/mol. The molecule has 0 unspecified atom stereocenters. The van der Waals surface area contributed by atoms with Crippen LogP contribution in [0.4, 0.5) is 0 Å². The van der Waals surface area contributed by atoms with Crippen molar-refractivity contribution in [2.75, 3.05) is 26.2 Å². The predicted octanol–water partition coefficient (Wildman–Crippen LogP) is 0.622. The van der Waals surface area contributed by atoms with Gasteiger partial charge in [-0.15, -0.1) is 0 Å². The van der Waals surface area contributed by atoms with Crippen molar-refractivity contribution in [1.82, 2.24) is 20.4 Å². The van der Waals surface area contributed by atoms with Crippen LogP contribution < -0.4 is 10.9 Å². The maximum absolute atomic E-state index is 11.7. The molecule has 0 saturated carbocycles. The smallest absolute Gasteiger partial charge is 0.271 e. The molecule has 1 saturated heterocycles. The van der Waals surface area contributed by atoms with Crippen molar-refractivity contribution in [2.45, 2.75) is 26.2 Å². The van der Waals surface area contributed by atoms with Crippen LogP contribution in [-0.4, -0.2) is 47.2 Å². The van der Waals surface area contributed by atoms with Gasteiger partial charge in [-0.3, -0.25) is 9.59 Å². The number of aromatic nitrogens is 2. The first-order valence-corrected chi connectivity index (χ1v) is 7.21. The van der Waals surface area contributed by atoms with E-state index in [-0.39, 0.29) is 17.2 Å². The number of amides is 1. The Bertz CT molecular complexity index is 472. The second-order valence-corrected chi connectivity index (χ2v) is 5.44. The highest BCUT2D eigenvalue weighted by Crippen LogP contribution is 2.15. The monoisotopic (exact) mass is 278 g/mol. The molecule has 1 fully saturated rings. The molecule has 6 heteroatoms. The van der Waals surface area contributed by atoms with Gasteiger partial charge in [-0.25, -0.2) is 5.10 Å². The van der Waals surface area contributed by atoms with Crippen LogP contribution in [0.1, 0.15) is 36.7 Å².